The minimum absolute atomic E-state index is 0.755. The van der Waals surface area contributed by atoms with Crippen LogP contribution in [0.4, 0.5) is 0 Å². The third-order valence-corrected chi connectivity index (χ3v) is 2.31. The van der Waals surface area contributed by atoms with Gasteiger partial charge in [-0.1, -0.05) is 0 Å². The summed E-state index contributed by atoms with van der Waals surface area (Å²) in [5.41, 5.74) is 1.79. The SMILES string of the molecule is Cc1c(Br)n[c]c2nccn12. The van der Waals surface area contributed by atoms with Crippen molar-refractivity contribution in [3.8, 4) is 0 Å². The standard InChI is InChI=1S/C7H5BrN3/c1-5-7(8)10-4-6-9-2-3-11(5)6/h2-3H,1H3. The van der Waals surface area contributed by atoms with Crippen molar-refractivity contribution in [3.05, 3.63) is 28.9 Å². The van der Waals surface area contributed by atoms with Crippen LogP contribution in [0.25, 0.3) is 5.65 Å². The summed E-state index contributed by atoms with van der Waals surface area (Å²) in [5, 5.41) is 0. The molecule has 0 bridgehead atoms. The van der Waals surface area contributed by atoms with Crippen LogP contribution in [-0.2, 0) is 0 Å². The first-order valence-corrected chi connectivity index (χ1v) is 3.95. The number of hydrogen-bond donors (Lipinski definition) is 0. The van der Waals surface area contributed by atoms with Crippen LogP contribution in [0.3, 0.4) is 0 Å². The van der Waals surface area contributed by atoms with Crippen molar-refractivity contribution in [3.63, 3.8) is 0 Å². The van der Waals surface area contributed by atoms with Gasteiger partial charge in [0.05, 0.1) is 5.69 Å². The summed E-state index contributed by atoms with van der Waals surface area (Å²) in [6.45, 7) is 1.97. The summed E-state index contributed by atoms with van der Waals surface area (Å²) in [6, 6.07) is 0. The maximum absolute atomic E-state index is 4.04. The molecule has 4 heteroatoms. The normalized spacial score (nSPS) is 10.7. The fourth-order valence-corrected chi connectivity index (χ4v) is 1.22. The number of aromatic nitrogens is 3. The highest BCUT2D eigenvalue weighted by atomic mass is 79.9. The molecule has 0 aliphatic rings. The Labute approximate surface area is 72.2 Å². The average molecular weight is 211 g/mol. The number of fused-ring (bicyclic) bond motifs is 1. The second kappa shape index (κ2) is 2.30. The summed E-state index contributed by atoms with van der Waals surface area (Å²) in [5.74, 6) is 0. The van der Waals surface area contributed by atoms with E-state index in [4.69, 9.17) is 0 Å². The molecule has 0 atom stereocenters. The van der Waals surface area contributed by atoms with Crippen molar-refractivity contribution in [2.75, 3.05) is 0 Å². The highest BCUT2D eigenvalue weighted by Gasteiger charge is 2.01. The molecule has 2 aromatic heterocycles. The first-order valence-electron chi connectivity index (χ1n) is 3.16. The first-order chi connectivity index (χ1) is 5.29. The molecule has 0 spiro atoms. The van der Waals surface area contributed by atoms with Gasteiger partial charge in [-0.2, -0.15) is 0 Å². The number of halogens is 1. The van der Waals surface area contributed by atoms with E-state index in [2.05, 4.69) is 32.1 Å². The zero-order valence-electron chi connectivity index (χ0n) is 5.87. The molecule has 1 radical (unpaired) electrons. The summed E-state index contributed by atoms with van der Waals surface area (Å²) < 4.78 is 2.74. The summed E-state index contributed by atoms with van der Waals surface area (Å²) in [6.07, 6.45) is 6.41. The van der Waals surface area contributed by atoms with Gasteiger partial charge in [0, 0.05) is 12.4 Å². The van der Waals surface area contributed by atoms with Crippen molar-refractivity contribution < 1.29 is 0 Å². The Balaban J connectivity index is 2.93. The van der Waals surface area contributed by atoms with E-state index >= 15 is 0 Å². The number of imidazole rings is 1. The largest absolute Gasteiger partial charge is 0.300 e. The van der Waals surface area contributed by atoms with Gasteiger partial charge in [-0.3, -0.25) is 4.40 Å². The molecule has 0 amide bonds. The molecule has 0 aliphatic heterocycles. The average Bonchev–Trinajstić information content (AvgIpc) is 2.45. The minimum atomic E-state index is 0.755. The lowest BCUT2D eigenvalue weighted by Gasteiger charge is -1.98. The lowest BCUT2D eigenvalue weighted by atomic mass is 10.5. The third kappa shape index (κ3) is 0.939. The highest BCUT2D eigenvalue weighted by molar-refractivity contribution is 9.10. The number of aryl methyl sites for hydroxylation is 1. The van der Waals surface area contributed by atoms with Crippen LogP contribution in [0.15, 0.2) is 17.0 Å². The van der Waals surface area contributed by atoms with Gasteiger partial charge in [-0.25, -0.2) is 9.97 Å². The van der Waals surface area contributed by atoms with Gasteiger partial charge in [-0.15, -0.1) is 0 Å². The highest BCUT2D eigenvalue weighted by Crippen LogP contribution is 2.12. The fraction of sp³-hybridized carbons (Fsp3) is 0.143. The molecular formula is C7H5BrN3. The molecule has 55 valence electrons. The number of hydrogen-bond acceptors (Lipinski definition) is 2. The van der Waals surface area contributed by atoms with Crippen molar-refractivity contribution >= 4 is 21.6 Å². The van der Waals surface area contributed by atoms with E-state index < -0.39 is 0 Å². The van der Waals surface area contributed by atoms with Crippen LogP contribution in [0.1, 0.15) is 5.69 Å². The van der Waals surface area contributed by atoms with Gasteiger partial charge in [-0.05, 0) is 22.9 Å². The molecule has 0 aliphatic carbocycles. The van der Waals surface area contributed by atoms with Crippen molar-refractivity contribution in [1.82, 2.24) is 14.4 Å². The summed E-state index contributed by atoms with van der Waals surface area (Å²) in [4.78, 5) is 8.03. The molecule has 11 heavy (non-hydrogen) atoms. The van der Waals surface area contributed by atoms with Crippen LogP contribution in [0, 0.1) is 13.1 Å². The van der Waals surface area contributed by atoms with Gasteiger partial charge in [0.1, 0.15) is 10.8 Å². The Kier molecular flexibility index (Phi) is 1.42. The van der Waals surface area contributed by atoms with E-state index in [-0.39, 0.29) is 0 Å². The molecular weight excluding hydrogens is 206 g/mol. The second-order valence-corrected chi connectivity index (χ2v) is 2.97. The topological polar surface area (TPSA) is 30.2 Å². The van der Waals surface area contributed by atoms with Crippen LogP contribution >= 0.6 is 15.9 Å². The summed E-state index contributed by atoms with van der Waals surface area (Å²) in [7, 11) is 0. The van der Waals surface area contributed by atoms with Gasteiger partial charge in [0.2, 0.25) is 0 Å². The van der Waals surface area contributed by atoms with E-state index in [1.54, 1.807) is 6.20 Å². The van der Waals surface area contributed by atoms with E-state index in [1.165, 1.54) is 0 Å². The molecule has 0 fully saturated rings. The van der Waals surface area contributed by atoms with Crippen molar-refractivity contribution in [2.45, 2.75) is 6.92 Å². The Morgan fingerprint density at radius 2 is 2.45 bits per heavy atom. The maximum Gasteiger partial charge on any atom is 0.165 e. The molecule has 3 nitrogen and oxygen atoms in total. The second-order valence-electron chi connectivity index (χ2n) is 2.22. The lowest BCUT2D eigenvalue weighted by Crippen LogP contribution is -1.93. The fourth-order valence-electron chi connectivity index (χ4n) is 0.936. The number of rotatable bonds is 0. The Morgan fingerprint density at radius 3 is 3.27 bits per heavy atom. The zero-order valence-corrected chi connectivity index (χ0v) is 7.46. The van der Waals surface area contributed by atoms with E-state index in [9.17, 15) is 0 Å². The molecule has 2 heterocycles. The van der Waals surface area contributed by atoms with Gasteiger partial charge >= 0.3 is 0 Å². The van der Waals surface area contributed by atoms with Crippen LogP contribution < -0.4 is 0 Å². The van der Waals surface area contributed by atoms with E-state index in [1.807, 2.05) is 17.5 Å². The third-order valence-electron chi connectivity index (χ3n) is 1.55. The van der Waals surface area contributed by atoms with E-state index in [0.29, 0.717) is 0 Å². The Morgan fingerprint density at radius 1 is 1.64 bits per heavy atom. The monoisotopic (exact) mass is 210 g/mol. The first kappa shape index (κ1) is 6.79. The number of nitrogens with zero attached hydrogens (tertiary/aromatic N) is 3. The predicted octanol–water partition coefficient (Wildman–Crippen LogP) is 1.60. The van der Waals surface area contributed by atoms with Crippen LogP contribution in [0.2, 0.25) is 0 Å². The molecule has 2 rings (SSSR count). The molecule has 2 aromatic rings. The summed E-state index contributed by atoms with van der Waals surface area (Å²) >= 11 is 3.31. The lowest BCUT2D eigenvalue weighted by molar-refractivity contribution is 1.02. The van der Waals surface area contributed by atoms with Crippen LogP contribution in [0.5, 0.6) is 0 Å². The van der Waals surface area contributed by atoms with Crippen LogP contribution in [-0.4, -0.2) is 14.4 Å². The molecule has 0 N–H and O–H groups in total. The predicted molar refractivity (Wildman–Crippen MR) is 44.3 cm³/mol. The molecule has 0 saturated heterocycles. The van der Waals surface area contributed by atoms with Crippen molar-refractivity contribution in [1.29, 1.82) is 0 Å². The minimum Gasteiger partial charge on any atom is -0.300 e. The zero-order chi connectivity index (χ0) is 7.84. The quantitative estimate of drug-likeness (QED) is 0.662. The molecule has 0 aromatic carbocycles. The van der Waals surface area contributed by atoms with E-state index in [0.717, 1.165) is 15.9 Å². The van der Waals surface area contributed by atoms with Gasteiger partial charge < -0.3 is 0 Å². The molecule has 0 saturated carbocycles. The van der Waals surface area contributed by atoms with Gasteiger partial charge in [0.25, 0.3) is 0 Å². The molecule has 0 unspecified atom stereocenters. The van der Waals surface area contributed by atoms with Crippen molar-refractivity contribution in [2.24, 2.45) is 0 Å². The Bertz CT molecular complexity index is 393. The Hall–Kier alpha value is -0.900. The smallest absolute Gasteiger partial charge is 0.165 e. The maximum atomic E-state index is 4.04. The van der Waals surface area contributed by atoms with Gasteiger partial charge in [0.15, 0.2) is 5.65 Å².